The van der Waals surface area contributed by atoms with Crippen molar-refractivity contribution in [3.8, 4) is 0 Å². The van der Waals surface area contributed by atoms with E-state index in [1.54, 1.807) is 0 Å². The van der Waals surface area contributed by atoms with E-state index in [2.05, 4.69) is 4.74 Å². The number of rotatable bonds is 4. The summed E-state index contributed by atoms with van der Waals surface area (Å²) < 4.78 is 56.1. The Labute approximate surface area is 129 Å². The fourth-order valence-electron chi connectivity index (χ4n) is 1.50. The van der Waals surface area contributed by atoms with Crippen molar-refractivity contribution in [2.45, 2.75) is 25.3 Å². The Morgan fingerprint density at radius 2 is 2.00 bits per heavy atom. The number of nitrogens with two attached hydrogens (primary N) is 1. The van der Waals surface area contributed by atoms with E-state index >= 15 is 0 Å². The standard InChI is InChI=1S/C12H12ClF4NO2.ClH/c1-2-20-11(19)9(14)10(18)6-3-4-8(13)7(5-6)12(15,16)17;/h3-5,9-10H,2,18H2,1H3;1H/t9?,10-;/m1./s1. The van der Waals surface area contributed by atoms with Crippen molar-refractivity contribution in [2.24, 2.45) is 5.73 Å². The van der Waals surface area contributed by atoms with E-state index in [1.807, 2.05) is 0 Å². The maximum atomic E-state index is 13.7. The number of carbonyl (C=O) groups excluding carboxylic acids is 1. The Balaban J connectivity index is 0.00000400. The zero-order chi connectivity index (χ0) is 15.5. The van der Waals surface area contributed by atoms with Gasteiger partial charge >= 0.3 is 12.1 Å². The Morgan fingerprint density at radius 1 is 1.43 bits per heavy atom. The largest absolute Gasteiger partial charge is 0.464 e. The van der Waals surface area contributed by atoms with Crippen LogP contribution < -0.4 is 5.73 Å². The smallest absolute Gasteiger partial charge is 0.417 e. The van der Waals surface area contributed by atoms with Gasteiger partial charge in [0.15, 0.2) is 0 Å². The molecule has 0 radical (unpaired) electrons. The minimum absolute atomic E-state index is 0. The highest BCUT2D eigenvalue weighted by Crippen LogP contribution is 2.36. The first-order chi connectivity index (χ1) is 9.18. The highest BCUT2D eigenvalue weighted by atomic mass is 35.5. The highest BCUT2D eigenvalue weighted by molar-refractivity contribution is 6.31. The normalized spacial score (nSPS) is 14.0. The van der Waals surface area contributed by atoms with Gasteiger partial charge in [0.25, 0.3) is 0 Å². The van der Waals surface area contributed by atoms with Crippen LogP contribution in [0.25, 0.3) is 0 Å². The maximum absolute atomic E-state index is 13.7. The third-order valence-electron chi connectivity index (χ3n) is 2.51. The minimum atomic E-state index is -4.69. The van der Waals surface area contributed by atoms with Gasteiger partial charge in [0.1, 0.15) is 0 Å². The summed E-state index contributed by atoms with van der Waals surface area (Å²) in [6.07, 6.45) is -6.94. The van der Waals surface area contributed by atoms with Gasteiger partial charge in [0.2, 0.25) is 6.17 Å². The summed E-state index contributed by atoms with van der Waals surface area (Å²) in [7, 11) is 0. The van der Waals surface area contributed by atoms with Crippen LogP contribution in [0.1, 0.15) is 24.1 Å². The SMILES string of the molecule is CCOC(=O)C(F)[C@H](N)c1ccc(Cl)c(C(F)(F)F)c1.Cl. The first kappa shape index (κ1) is 19.9. The lowest BCUT2D eigenvalue weighted by atomic mass is 10.0. The van der Waals surface area contributed by atoms with Gasteiger partial charge in [-0.15, -0.1) is 12.4 Å². The van der Waals surface area contributed by atoms with Crippen molar-refractivity contribution < 1.29 is 27.1 Å². The molecule has 1 unspecified atom stereocenters. The van der Waals surface area contributed by atoms with E-state index in [1.165, 1.54) is 6.92 Å². The molecule has 0 saturated heterocycles. The molecule has 0 spiro atoms. The third-order valence-corrected chi connectivity index (χ3v) is 2.84. The zero-order valence-electron chi connectivity index (χ0n) is 10.8. The van der Waals surface area contributed by atoms with Gasteiger partial charge in [-0.05, 0) is 24.6 Å². The molecule has 1 aromatic carbocycles. The number of alkyl halides is 4. The zero-order valence-corrected chi connectivity index (χ0v) is 12.4. The monoisotopic (exact) mass is 349 g/mol. The predicted octanol–water partition coefficient (Wildman–Crippen LogP) is 3.68. The van der Waals surface area contributed by atoms with E-state index in [4.69, 9.17) is 17.3 Å². The van der Waals surface area contributed by atoms with Crippen LogP contribution in [-0.4, -0.2) is 18.7 Å². The van der Waals surface area contributed by atoms with Crippen LogP contribution in [0.15, 0.2) is 18.2 Å². The number of hydrogen-bond acceptors (Lipinski definition) is 3. The molecule has 3 nitrogen and oxygen atoms in total. The number of halogens is 6. The van der Waals surface area contributed by atoms with Crippen molar-refractivity contribution in [2.75, 3.05) is 6.61 Å². The predicted molar refractivity (Wildman–Crippen MR) is 72.2 cm³/mol. The average molecular weight is 350 g/mol. The Bertz CT molecular complexity index is 497. The molecular formula is C12H13Cl2F4NO2. The minimum Gasteiger partial charge on any atom is -0.464 e. The summed E-state index contributed by atoms with van der Waals surface area (Å²) in [4.78, 5) is 11.2. The van der Waals surface area contributed by atoms with Gasteiger partial charge in [-0.25, -0.2) is 9.18 Å². The molecule has 0 saturated carbocycles. The Hall–Kier alpha value is -1.05. The summed E-state index contributed by atoms with van der Waals surface area (Å²) in [5, 5.41) is -0.528. The number of esters is 1. The molecular weight excluding hydrogens is 337 g/mol. The molecule has 9 heteroatoms. The van der Waals surface area contributed by atoms with E-state index in [9.17, 15) is 22.4 Å². The van der Waals surface area contributed by atoms with Crippen LogP contribution in [0.2, 0.25) is 5.02 Å². The van der Waals surface area contributed by atoms with Crippen LogP contribution in [0.4, 0.5) is 17.6 Å². The van der Waals surface area contributed by atoms with E-state index in [0.29, 0.717) is 6.07 Å². The second kappa shape index (κ2) is 7.82. The number of benzene rings is 1. The van der Waals surface area contributed by atoms with Crippen molar-refractivity contribution in [1.82, 2.24) is 0 Å². The fraction of sp³-hybridized carbons (Fsp3) is 0.417. The summed E-state index contributed by atoms with van der Waals surface area (Å²) >= 11 is 5.43. The molecule has 2 atom stereocenters. The number of ether oxygens (including phenoxy) is 1. The summed E-state index contributed by atoms with van der Waals surface area (Å²) in [5.74, 6) is -1.22. The lowest BCUT2D eigenvalue weighted by molar-refractivity contribution is -0.149. The summed E-state index contributed by atoms with van der Waals surface area (Å²) in [6, 6.07) is 1.15. The molecule has 2 N–H and O–H groups in total. The second-order valence-corrected chi connectivity index (χ2v) is 4.32. The van der Waals surface area contributed by atoms with Crippen LogP contribution in [0, 0.1) is 0 Å². The topological polar surface area (TPSA) is 52.3 Å². The van der Waals surface area contributed by atoms with Crippen molar-refractivity contribution in [1.29, 1.82) is 0 Å². The highest BCUT2D eigenvalue weighted by Gasteiger charge is 2.35. The molecule has 1 aromatic rings. The van der Waals surface area contributed by atoms with Crippen molar-refractivity contribution in [3.63, 3.8) is 0 Å². The van der Waals surface area contributed by atoms with Gasteiger partial charge < -0.3 is 10.5 Å². The average Bonchev–Trinajstić information content (AvgIpc) is 2.36. The first-order valence-electron chi connectivity index (χ1n) is 5.61. The molecule has 21 heavy (non-hydrogen) atoms. The molecule has 0 aliphatic heterocycles. The molecule has 0 aliphatic rings. The van der Waals surface area contributed by atoms with Crippen LogP contribution in [0.3, 0.4) is 0 Å². The van der Waals surface area contributed by atoms with Crippen LogP contribution in [0.5, 0.6) is 0 Å². The fourth-order valence-corrected chi connectivity index (χ4v) is 1.73. The van der Waals surface area contributed by atoms with Crippen molar-refractivity contribution in [3.05, 3.63) is 34.3 Å². The Kier molecular flexibility index (Phi) is 7.43. The van der Waals surface area contributed by atoms with Gasteiger partial charge in [0, 0.05) is 0 Å². The van der Waals surface area contributed by atoms with Gasteiger partial charge in [0.05, 0.1) is 23.2 Å². The molecule has 1 rings (SSSR count). The van der Waals surface area contributed by atoms with E-state index in [-0.39, 0.29) is 24.6 Å². The lowest BCUT2D eigenvalue weighted by Crippen LogP contribution is -2.31. The van der Waals surface area contributed by atoms with Gasteiger partial charge in [-0.3, -0.25) is 0 Å². The molecule has 0 bridgehead atoms. The number of carbonyl (C=O) groups is 1. The molecule has 120 valence electrons. The maximum Gasteiger partial charge on any atom is 0.417 e. The Morgan fingerprint density at radius 3 is 2.48 bits per heavy atom. The molecule has 0 amide bonds. The molecule has 0 aliphatic carbocycles. The van der Waals surface area contributed by atoms with Gasteiger partial charge in [-0.2, -0.15) is 13.2 Å². The van der Waals surface area contributed by atoms with Crippen LogP contribution in [-0.2, 0) is 15.7 Å². The van der Waals surface area contributed by atoms with Crippen LogP contribution >= 0.6 is 24.0 Å². The van der Waals surface area contributed by atoms with Gasteiger partial charge in [-0.1, -0.05) is 17.7 Å². The summed E-state index contributed by atoms with van der Waals surface area (Å²) in [5.41, 5.74) is 4.12. The third kappa shape index (κ3) is 5.01. The number of hydrogen-bond donors (Lipinski definition) is 1. The van der Waals surface area contributed by atoms with Crippen molar-refractivity contribution >= 4 is 30.0 Å². The first-order valence-corrected chi connectivity index (χ1v) is 5.99. The quantitative estimate of drug-likeness (QED) is 0.666. The molecule has 0 aromatic heterocycles. The van der Waals surface area contributed by atoms with E-state index < -0.39 is 34.9 Å². The lowest BCUT2D eigenvalue weighted by Gasteiger charge is -2.18. The molecule has 0 heterocycles. The second-order valence-electron chi connectivity index (χ2n) is 3.92. The molecule has 0 fully saturated rings. The summed E-state index contributed by atoms with van der Waals surface area (Å²) in [6.45, 7) is 1.42. The van der Waals surface area contributed by atoms with E-state index in [0.717, 1.165) is 12.1 Å².